The van der Waals surface area contributed by atoms with Crippen molar-refractivity contribution < 1.29 is 4.79 Å². The van der Waals surface area contributed by atoms with Crippen molar-refractivity contribution in [2.45, 2.75) is 6.92 Å². The number of fused-ring (bicyclic) bond motifs is 1. The number of carbonyl (C=O) groups excluding carboxylic acids is 1. The molecule has 2 aromatic carbocycles. The fraction of sp³-hybridized carbons (Fsp3) is 0.0556. The third kappa shape index (κ3) is 2.68. The highest BCUT2D eigenvalue weighted by Crippen LogP contribution is 2.33. The number of nitrogens with zero attached hydrogens (tertiary/aromatic N) is 2. The Balaban J connectivity index is 1.66. The molecule has 0 aliphatic rings. The number of anilines is 1. The van der Waals surface area contributed by atoms with Crippen LogP contribution in [0.25, 0.3) is 21.6 Å². The average Bonchev–Trinajstić information content (AvgIpc) is 3.15. The first kappa shape index (κ1) is 14.6. The summed E-state index contributed by atoms with van der Waals surface area (Å²) in [6.45, 7) is 2.05. The maximum atomic E-state index is 12.2. The first-order chi connectivity index (χ1) is 11.7. The zero-order valence-corrected chi connectivity index (χ0v) is 13.7. The Hall–Kier alpha value is -2.99. The largest absolute Gasteiger partial charge is 0.298 e. The van der Waals surface area contributed by atoms with Crippen LogP contribution in [0.15, 0.2) is 54.6 Å². The van der Waals surface area contributed by atoms with E-state index < -0.39 is 0 Å². The van der Waals surface area contributed by atoms with Crippen molar-refractivity contribution >= 4 is 32.7 Å². The fourth-order valence-corrected chi connectivity index (χ4v) is 3.44. The van der Waals surface area contributed by atoms with Crippen molar-refractivity contribution in [2.24, 2.45) is 0 Å². The highest BCUT2D eigenvalue weighted by Gasteiger charge is 2.15. The molecule has 0 aliphatic heterocycles. The number of hydrogen-bond acceptors (Lipinski definition) is 4. The normalized spacial score (nSPS) is 10.9. The number of thiazole rings is 1. The highest BCUT2D eigenvalue weighted by molar-refractivity contribution is 7.22. The van der Waals surface area contributed by atoms with Crippen molar-refractivity contribution in [3.63, 3.8) is 0 Å². The van der Waals surface area contributed by atoms with Gasteiger partial charge in [-0.15, -0.1) is 0 Å². The van der Waals surface area contributed by atoms with Crippen LogP contribution in [0.2, 0.25) is 0 Å². The maximum Gasteiger partial charge on any atom is 0.257 e. The topological polar surface area (TPSA) is 70.7 Å². The summed E-state index contributed by atoms with van der Waals surface area (Å²) in [7, 11) is 0. The lowest BCUT2D eigenvalue weighted by molar-refractivity contribution is 0.102. The summed E-state index contributed by atoms with van der Waals surface area (Å²) in [5, 5.41) is 10.7. The molecule has 0 atom stereocenters. The number of aryl methyl sites for hydroxylation is 1. The van der Waals surface area contributed by atoms with Gasteiger partial charge >= 0.3 is 0 Å². The lowest BCUT2D eigenvalue weighted by Crippen LogP contribution is -2.11. The first-order valence-electron chi connectivity index (χ1n) is 7.49. The number of benzene rings is 2. The van der Waals surface area contributed by atoms with Gasteiger partial charge in [0.1, 0.15) is 4.70 Å². The molecule has 4 aromatic rings. The van der Waals surface area contributed by atoms with E-state index in [9.17, 15) is 4.79 Å². The van der Waals surface area contributed by atoms with E-state index in [0.29, 0.717) is 16.3 Å². The monoisotopic (exact) mass is 334 g/mol. The SMILES string of the molecule is Cc1cccc(-c2[nH]nc3nc(NC(=O)c4ccccc4)sc23)c1. The minimum absolute atomic E-state index is 0.173. The molecule has 118 valence electrons. The van der Waals surface area contributed by atoms with E-state index in [1.54, 1.807) is 12.1 Å². The molecule has 0 radical (unpaired) electrons. The molecule has 0 aliphatic carbocycles. The molecule has 5 nitrogen and oxygen atoms in total. The van der Waals surface area contributed by atoms with E-state index in [1.807, 2.05) is 30.3 Å². The van der Waals surface area contributed by atoms with E-state index in [1.165, 1.54) is 16.9 Å². The van der Waals surface area contributed by atoms with Crippen LogP contribution < -0.4 is 5.32 Å². The quantitative estimate of drug-likeness (QED) is 0.588. The number of nitrogens with one attached hydrogen (secondary N) is 2. The second-order valence-electron chi connectivity index (χ2n) is 5.46. The van der Waals surface area contributed by atoms with Gasteiger partial charge in [0, 0.05) is 11.1 Å². The lowest BCUT2D eigenvalue weighted by Gasteiger charge is -2.01. The van der Waals surface area contributed by atoms with E-state index in [-0.39, 0.29) is 5.91 Å². The van der Waals surface area contributed by atoms with Gasteiger partial charge in [0.25, 0.3) is 5.91 Å². The number of amides is 1. The molecule has 2 heterocycles. The van der Waals surface area contributed by atoms with Crippen molar-refractivity contribution in [3.8, 4) is 11.3 Å². The van der Waals surface area contributed by atoms with Crippen LogP contribution in [-0.4, -0.2) is 21.1 Å². The van der Waals surface area contributed by atoms with Gasteiger partial charge in [-0.1, -0.05) is 53.3 Å². The summed E-state index contributed by atoms with van der Waals surface area (Å²) in [6, 6.07) is 17.3. The molecule has 6 heteroatoms. The Labute approximate surface area is 142 Å². The fourth-order valence-electron chi connectivity index (χ4n) is 2.52. The van der Waals surface area contributed by atoms with Gasteiger partial charge in [-0.2, -0.15) is 10.1 Å². The van der Waals surface area contributed by atoms with Gasteiger partial charge in [-0.3, -0.25) is 15.2 Å². The molecule has 0 bridgehead atoms. The first-order valence-corrected chi connectivity index (χ1v) is 8.31. The van der Waals surface area contributed by atoms with Gasteiger partial charge in [0.05, 0.1) is 5.69 Å². The second-order valence-corrected chi connectivity index (χ2v) is 6.46. The molecule has 0 spiro atoms. The number of carbonyl (C=O) groups is 1. The summed E-state index contributed by atoms with van der Waals surface area (Å²) < 4.78 is 0.934. The number of aromatic nitrogens is 3. The van der Waals surface area contributed by atoms with Crippen molar-refractivity contribution in [2.75, 3.05) is 5.32 Å². The molecule has 2 N–H and O–H groups in total. The zero-order chi connectivity index (χ0) is 16.5. The summed E-state index contributed by atoms with van der Waals surface area (Å²) in [6.07, 6.45) is 0. The van der Waals surface area contributed by atoms with Gasteiger partial charge in [-0.05, 0) is 25.1 Å². The van der Waals surface area contributed by atoms with Crippen molar-refractivity contribution in [1.82, 2.24) is 15.2 Å². The van der Waals surface area contributed by atoms with Gasteiger partial charge < -0.3 is 0 Å². The molecule has 1 amide bonds. The highest BCUT2D eigenvalue weighted by atomic mass is 32.1. The summed E-state index contributed by atoms with van der Waals surface area (Å²) in [5.41, 5.74) is 4.37. The van der Waals surface area contributed by atoms with Gasteiger partial charge in [0.2, 0.25) is 0 Å². The zero-order valence-electron chi connectivity index (χ0n) is 12.9. The van der Waals surface area contributed by atoms with E-state index in [2.05, 4.69) is 39.6 Å². The smallest absolute Gasteiger partial charge is 0.257 e. The Kier molecular flexibility index (Phi) is 3.59. The third-order valence-corrected chi connectivity index (χ3v) is 4.65. The molecule has 24 heavy (non-hydrogen) atoms. The summed E-state index contributed by atoms with van der Waals surface area (Å²) in [4.78, 5) is 16.6. The predicted molar refractivity (Wildman–Crippen MR) is 96.3 cm³/mol. The Morgan fingerprint density at radius 3 is 2.75 bits per heavy atom. The van der Waals surface area contributed by atoms with Crippen LogP contribution in [0.3, 0.4) is 0 Å². The molecular formula is C18H14N4OS. The summed E-state index contributed by atoms with van der Waals surface area (Å²) >= 11 is 1.42. The van der Waals surface area contributed by atoms with Crippen LogP contribution in [0.1, 0.15) is 15.9 Å². The van der Waals surface area contributed by atoms with Gasteiger partial charge in [-0.25, -0.2) is 0 Å². The number of H-pyrrole nitrogens is 1. The average molecular weight is 334 g/mol. The number of aromatic amines is 1. The maximum absolute atomic E-state index is 12.2. The molecule has 0 unspecified atom stereocenters. The standard InChI is InChI=1S/C18H14N4OS/c1-11-6-5-9-13(10-11)14-15-16(22-21-14)19-18(24-15)20-17(23)12-7-3-2-4-8-12/h2-10H,1H3,(H2,19,20,21,22,23). The van der Waals surface area contributed by atoms with E-state index in [0.717, 1.165) is 16.0 Å². The number of rotatable bonds is 3. The number of hydrogen-bond donors (Lipinski definition) is 2. The third-order valence-electron chi connectivity index (χ3n) is 3.67. The lowest BCUT2D eigenvalue weighted by atomic mass is 10.1. The molecular weight excluding hydrogens is 320 g/mol. The van der Waals surface area contributed by atoms with E-state index >= 15 is 0 Å². The van der Waals surface area contributed by atoms with Gasteiger partial charge in [0.15, 0.2) is 10.8 Å². The van der Waals surface area contributed by atoms with Crippen LogP contribution in [0.5, 0.6) is 0 Å². The van der Waals surface area contributed by atoms with Crippen LogP contribution in [0.4, 0.5) is 5.13 Å². The molecule has 0 fully saturated rings. The Morgan fingerprint density at radius 1 is 1.12 bits per heavy atom. The van der Waals surface area contributed by atoms with Crippen LogP contribution in [-0.2, 0) is 0 Å². The molecule has 0 saturated heterocycles. The van der Waals surface area contributed by atoms with Crippen LogP contribution in [0, 0.1) is 6.92 Å². The molecule has 2 aromatic heterocycles. The Morgan fingerprint density at radius 2 is 1.96 bits per heavy atom. The second kappa shape index (κ2) is 5.90. The van der Waals surface area contributed by atoms with Crippen molar-refractivity contribution in [3.05, 3.63) is 65.7 Å². The van der Waals surface area contributed by atoms with Crippen LogP contribution >= 0.6 is 11.3 Å². The Bertz CT molecular complexity index is 1020. The van der Waals surface area contributed by atoms with E-state index in [4.69, 9.17) is 0 Å². The minimum Gasteiger partial charge on any atom is -0.298 e. The molecule has 0 saturated carbocycles. The predicted octanol–water partition coefficient (Wildman–Crippen LogP) is 4.25. The minimum atomic E-state index is -0.173. The summed E-state index contributed by atoms with van der Waals surface area (Å²) in [5.74, 6) is -0.173. The van der Waals surface area contributed by atoms with Crippen molar-refractivity contribution in [1.29, 1.82) is 0 Å². The molecule has 4 rings (SSSR count).